The van der Waals surface area contributed by atoms with Crippen LogP contribution in [0.25, 0.3) is 16.6 Å². The molecule has 2 aromatic carbocycles. The topological polar surface area (TPSA) is 71.4 Å². The summed E-state index contributed by atoms with van der Waals surface area (Å²) >= 11 is 0. The summed E-state index contributed by atoms with van der Waals surface area (Å²) in [5.74, 6) is 0.528. The minimum absolute atomic E-state index is 0.160. The molecule has 0 aliphatic heterocycles. The van der Waals surface area contributed by atoms with Crippen molar-refractivity contribution in [1.29, 1.82) is 0 Å². The molecule has 0 fully saturated rings. The van der Waals surface area contributed by atoms with Gasteiger partial charge < -0.3 is 19.4 Å². The van der Waals surface area contributed by atoms with E-state index >= 15 is 0 Å². The van der Waals surface area contributed by atoms with Gasteiger partial charge in [0.25, 0.3) is 5.91 Å². The van der Waals surface area contributed by atoms with Gasteiger partial charge in [0, 0.05) is 40.7 Å². The van der Waals surface area contributed by atoms with Crippen LogP contribution in [0.1, 0.15) is 21.6 Å². The number of nitrogens with zero attached hydrogens (tertiary/aromatic N) is 2. The van der Waals surface area contributed by atoms with E-state index in [-0.39, 0.29) is 5.91 Å². The van der Waals surface area contributed by atoms with E-state index in [1.54, 1.807) is 24.3 Å². The molecule has 0 bridgehead atoms. The number of hydrogen-bond acceptors (Lipinski definition) is 3. The van der Waals surface area contributed by atoms with Crippen LogP contribution in [-0.2, 0) is 6.61 Å². The lowest BCUT2D eigenvalue weighted by Crippen LogP contribution is -2.11. The van der Waals surface area contributed by atoms with Crippen LogP contribution >= 0.6 is 0 Å². The van der Waals surface area contributed by atoms with E-state index in [2.05, 4.69) is 15.3 Å². The normalized spacial score (nSPS) is 11.1. The van der Waals surface area contributed by atoms with Crippen molar-refractivity contribution in [3.63, 3.8) is 0 Å². The molecule has 0 aliphatic carbocycles. The molecule has 3 heterocycles. The van der Waals surface area contributed by atoms with Crippen molar-refractivity contribution in [2.75, 3.05) is 5.32 Å². The molecule has 30 heavy (non-hydrogen) atoms. The maximum Gasteiger partial charge on any atom is 0.255 e. The summed E-state index contributed by atoms with van der Waals surface area (Å²) in [6.07, 6.45) is 5.88. The second-order valence-corrected chi connectivity index (χ2v) is 7.25. The number of H-pyrrole nitrogens is 1. The van der Waals surface area contributed by atoms with Gasteiger partial charge in [-0.25, -0.2) is 4.98 Å². The fourth-order valence-electron chi connectivity index (χ4n) is 3.42. The third-order valence-corrected chi connectivity index (χ3v) is 4.96. The summed E-state index contributed by atoms with van der Waals surface area (Å²) in [4.78, 5) is 20.2. The van der Waals surface area contributed by atoms with E-state index in [4.69, 9.17) is 4.74 Å². The monoisotopic (exact) mass is 396 g/mol. The maximum atomic E-state index is 12.5. The average Bonchev–Trinajstić information content (AvgIpc) is 3.38. The molecule has 6 nitrogen and oxygen atoms in total. The summed E-state index contributed by atoms with van der Waals surface area (Å²) < 4.78 is 7.83. The van der Waals surface area contributed by atoms with Gasteiger partial charge >= 0.3 is 0 Å². The molecule has 1 amide bonds. The molecule has 148 valence electrons. The molecule has 0 aliphatic rings. The summed E-state index contributed by atoms with van der Waals surface area (Å²) in [6, 6.07) is 18.9. The number of aryl methyl sites for hydroxylation is 1. The predicted octanol–water partition coefficient (Wildman–Crippen LogP) is 4.96. The molecule has 2 N–H and O–H groups in total. The Bertz CT molecular complexity index is 1350. The van der Waals surface area contributed by atoms with E-state index in [0.717, 1.165) is 27.9 Å². The second kappa shape index (κ2) is 7.40. The van der Waals surface area contributed by atoms with Crippen LogP contribution in [0.4, 0.5) is 5.69 Å². The Morgan fingerprint density at radius 3 is 2.80 bits per heavy atom. The zero-order valence-corrected chi connectivity index (χ0v) is 16.4. The third kappa shape index (κ3) is 3.63. The number of anilines is 1. The van der Waals surface area contributed by atoms with Gasteiger partial charge in [0.15, 0.2) is 0 Å². The number of fused-ring (bicyclic) bond motifs is 2. The summed E-state index contributed by atoms with van der Waals surface area (Å²) in [6.45, 7) is 2.41. The first-order valence-electron chi connectivity index (χ1n) is 9.70. The Balaban J connectivity index is 1.23. The SMILES string of the molecule is Cc1ccc2nc(COc3ccc(C(=O)Nc4ccc5[nH]ccc5c4)cc3)cn2c1. The Morgan fingerprint density at radius 2 is 1.93 bits per heavy atom. The van der Waals surface area contributed by atoms with Gasteiger partial charge in [-0.15, -0.1) is 0 Å². The highest BCUT2D eigenvalue weighted by Gasteiger charge is 2.08. The highest BCUT2D eigenvalue weighted by molar-refractivity contribution is 6.05. The van der Waals surface area contributed by atoms with Gasteiger partial charge in [-0.1, -0.05) is 6.07 Å². The van der Waals surface area contributed by atoms with Crippen molar-refractivity contribution in [2.24, 2.45) is 0 Å². The fraction of sp³-hybridized carbons (Fsp3) is 0.0833. The molecule has 3 aromatic heterocycles. The first-order chi connectivity index (χ1) is 14.6. The second-order valence-electron chi connectivity index (χ2n) is 7.25. The molecule has 0 spiro atoms. The number of aromatic nitrogens is 3. The first kappa shape index (κ1) is 18.0. The van der Waals surface area contributed by atoms with Crippen molar-refractivity contribution >= 4 is 28.1 Å². The largest absolute Gasteiger partial charge is 0.487 e. The summed E-state index contributed by atoms with van der Waals surface area (Å²) in [7, 11) is 0. The quantitative estimate of drug-likeness (QED) is 0.441. The highest BCUT2D eigenvalue weighted by atomic mass is 16.5. The number of carbonyl (C=O) groups excluding carboxylic acids is 1. The molecule has 0 saturated heterocycles. The molecule has 6 heteroatoms. The number of ether oxygens (including phenoxy) is 1. The minimum Gasteiger partial charge on any atom is -0.487 e. The van der Waals surface area contributed by atoms with Crippen LogP contribution in [0.15, 0.2) is 79.3 Å². The van der Waals surface area contributed by atoms with Gasteiger partial charge in [0.2, 0.25) is 0 Å². The van der Waals surface area contributed by atoms with E-state index < -0.39 is 0 Å². The lowest BCUT2D eigenvalue weighted by Gasteiger charge is -2.07. The van der Waals surface area contributed by atoms with Crippen LogP contribution in [0.5, 0.6) is 5.75 Å². The van der Waals surface area contributed by atoms with Gasteiger partial charge in [-0.2, -0.15) is 0 Å². The van der Waals surface area contributed by atoms with Gasteiger partial charge in [-0.05, 0) is 67.1 Å². The molecular formula is C24H20N4O2. The van der Waals surface area contributed by atoms with E-state index in [9.17, 15) is 4.79 Å². The molecule has 0 unspecified atom stereocenters. The predicted molar refractivity (Wildman–Crippen MR) is 117 cm³/mol. The van der Waals surface area contributed by atoms with Crippen LogP contribution in [0.3, 0.4) is 0 Å². The van der Waals surface area contributed by atoms with Crippen molar-refractivity contribution in [1.82, 2.24) is 14.4 Å². The Kier molecular flexibility index (Phi) is 4.44. The number of imidazole rings is 1. The molecule has 0 radical (unpaired) electrons. The molecular weight excluding hydrogens is 376 g/mol. The number of rotatable bonds is 5. The number of pyridine rings is 1. The van der Waals surface area contributed by atoms with Crippen molar-refractivity contribution in [3.8, 4) is 5.75 Å². The zero-order valence-electron chi connectivity index (χ0n) is 16.4. The first-order valence-corrected chi connectivity index (χ1v) is 9.70. The number of nitrogens with one attached hydrogen (secondary N) is 2. The number of benzene rings is 2. The Hall–Kier alpha value is -4.06. The molecule has 5 rings (SSSR count). The standard InChI is InChI=1S/C24H20N4O2/c1-16-2-9-23-26-20(14-28(23)13-16)15-30-21-6-3-17(4-7-21)24(29)27-19-5-8-22-18(12-19)10-11-25-22/h2-14,25H,15H2,1H3,(H,27,29). The minimum atomic E-state index is -0.160. The summed E-state index contributed by atoms with van der Waals surface area (Å²) in [5.41, 5.74) is 5.28. The number of hydrogen-bond donors (Lipinski definition) is 2. The van der Waals surface area contributed by atoms with Crippen LogP contribution in [-0.4, -0.2) is 20.3 Å². The molecule has 0 saturated carbocycles. The fourth-order valence-corrected chi connectivity index (χ4v) is 3.42. The van der Waals surface area contributed by atoms with Crippen molar-refractivity contribution < 1.29 is 9.53 Å². The van der Waals surface area contributed by atoms with Gasteiger partial charge in [0.05, 0.1) is 5.69 Å². The smallest absolute Gasteiger partial charge is 0.255 e. The Morgan fingerprint density at radius 1 is 1.07 bits per heavy atom. The lowest BCUT2D eigenvalue weighted by atomic mass is 10.2. The van der Waals surface area contributed by atoms with Crippen molar-refractivity contribution in [3.05, 3.63) is 96.1 Å². The van der Waals surface area contributed by atoms with Crippen molar-refractivity contribution in [2.45, 2.75) is 13.5 Å². The van der Waals surface area contributed by atoms with E-state index in [1.165, 1.54) is 5.56 Å². The van der Waals surface area contributed by atoms with Gasteiger partial charge in [-0.3, -0.25) is 4.79 Å². The third-order valence-electron chi connectivity index (χ3n) is 4.96. The summed E-state index contributed by atoms with van der Waals surface area (Å²) in [5, 5.41) is 3.98. The van der Waals surface area contributed by atoms with Crippen LogP contribution in [0, 0.1) is 6.92 Å². The van der Waals surface area contributed by atoms with Crippen LogP contribution in [0.2, 0.25) is 0 Å². The highest BCUT2D eigenvalue weighted by Crippen LogP contribution is 2.20. The molecule has 0 atom stereocenters. The maximum absolute atomic E-state index is 12.5. The lowest BCUT2D eigenvalue weighted by molar-refractivity contribution is 0.102. The van der Waals surface area contributed by atoms with E-state index in [0.29, 0.717) is 17.9 Å². The molecule has 5 aromatic rings. The zero-order chi connectivity index (χ0) is 20.5. The van der Waals surface area contributed by atoms with E-state index in [1.807, 2.05) is 66.3 Å². The Labute approximate surface area is 173 Å². The number of carbonyl (C=O) groups is 1. The van der Waals surface area contributed by atoms with Crippen LogP contribution < -0.4 is 10.1 Å². The van der Waals surface area contributed by atoms with Gasteiger partial charge in [0.1, 0.15) is 18.0 Å². The number of aromatic amines is 1. The number of amides is 1. The average molecular weight is 396 g/mol.